The van der Waals surface area contributed by atoms with Crippen molar-refractivity contribution in [3.8, 4) is 0 Å². The number of nitrogens with one attached hydrogen (secondary N) is 1. The van der Waals surface area contributed by atoms with Gasteiger partial charge in [0.1, 0.15) is 0 Å². The number of benzene rings is 1. The van der Waals surface area contributed by atoms with Crippen LogP contribution in [-0.2, 0) is 25.4 Å². The van der Waals surface area contributed by atoms with E-state index in [4.69, 9.17) is 25.8 Å². The van der Waals surface area contributed by atoms with Crippen LogP contribution in [0.15, 0.2) is 18.2 Å². The molecule has 1 N–H and O–H groups in total. The standard InChI is InChI=1S/C17H19ClN2O7/c1-4-26-15(23)19-20(16(24)27-5-2)17(14(22)25-3)9-10-8-11(18)6-7-12(10)13(17)21/h6-8H,4-5,9H2,1-3H3,(H,19,23)/t17-/m0/s1. The smallest absolute Gasteiger partial charge is 0.430 e. The van der Waals surface area contributed by atoms with Crippen LogP contribution in [0.4, 0.5) is 9.59 Å². The summed E-state index contributed by atoms with van der Waals surface area (Å²) in [6, 6.07) is 4.44. The van der Waals surface area contributed by atoms with Crippen LogP contribution in [0.5, 0.6) is 0 Å². The fourth-order valence-electron chi connectivity index (χ4n) is 2.85. The number of ether oxygens (including phenoxy) is 3. The summed E-state index contributed by atoms with van der Waals surface area (Å²) in [5.41, 5.74) is 0.557. The first-order valence-corrected chi connectivity index (χ1v) is 8.51. The average molecular weight is 399 g/mol. The molecule has 2 rings (SSSR count). The first-order chi connectivity index (χ1) is 12.8. The maximum absolute atomic E-state index is 13.1. The fourth-order valence-corrected chi connectivity index (χ4v) is 3.05. The molecule has 0 bridgehead atoms. The van der Waals surface area contributed by atoms with Crippen LogP contribution in [0.2, 0.25) is 5.02 Å². The normalized spacial score (nSPS) is 17.7. The number of rotatable bonds is 4. The predicted molar refractivity (Wildman–Crippen MR) is 93.3 cm³/mol. The first-order valence-electron chi connectivity index (χ1n) is 8.13. The molecule has 0 fully saturated rings. The van der Waals surface area contributed by atoms with Crippen LogP contribution in [0.25, 0.3) is 0 Å². The van der Waals surface area contributed by atoms with Crippen LogP contribution in [0.3, 0.4) is 0 Å². The molecule has 0 spiro atoms. The second-order valence-corrected chi connectivity index (χ2v) is 5.96. The van der Waals surface area contributed by atoms with E-state index in [9.17, 15) is 19.2 Å². The number of carbonyl (C=O) groups is 4. The van der Waals surface area contributed by atoms with Crippen molar-refractivity contribution in [3.05, 3.63) is 34.3 Å². The topological polar surface area (TPSA) is 111 Å². The molecule has 2 amide bonds. The predicted octanol–water partition coefficient (Wildman–Crippen LogP) is 2.11. The molecule has 1 aromatic carbocycles. The third-order valence-electron chi connectivity index (χ3n) is 3.97. The van der Waals surface area contributed by atoms with Gasteiger partial charge in [-0.25, -0.2) is 19.8 Å². The van der Waals surface area contributed by atoms with E-state index in [2.05, 4.69) is 5.43 Å². The summed E-state index contributed by atoms with van der Waals surface area (Å²) in [6.07, 6.45) is -2.39. The molecule has 9 nitrogen and oxygen atoms in total. The Morgan fingerprint density at radius 3 is 2.48 bits per heavy atom. The molecule has 10 heteroatoms. The van der Waals surface area contributed by atoms with Crippen molar-refractivity contribution in [2.45, 2.75) is 25.8 Å². The van der Waals surface area contributed by atoms with E-state index in [1.807, 2.05) is 0 Å². The Balaban J connectivity index is 2.57. The van der Waals surface area contributed by atoms with Gasteiger partial charge in [0, 0.05) is 17.0 Å². The Bertz CT molecular complexity index is 783. The Hall–Kier alpha value is -2.81. The van der Waals surface area contributed by atoms with Crippen molar-refractivity contribution >= 4 is 35.5 Å². The summed E-state index contributed by atoms with van der Waals surface area (Å²) in [7, 11) is 1.07. The highest BCUT2D eigenvalue weighted by molar-refractivity contribution is 6.31. The molecule has 1 atom stereocenters. The monoisotopic (exact) mass is 398 g/mol. The molecule has 0 aliphatic heterocycles. The summed E-state index contributed by atoms with van der Waals surface area (Å²) in [4.78, 5) is 50.3. The zero-order valence-corrected chi connectivity index (χ0v) is 15.8. The van der Waals surface area contributed by atoms with Gasteiger partial charge in [0.05, 0.1) is 20.3 Å². The van der Waals surface area contributed by atoms with Gasteiger partial charge >= 0.3 is 18.2 Å². The lowest BCUT2D eigenvalue weighted by molar-refractivity contribution is -0.152. The van der Waals surface area contributed by atoms with Crippen LogP contribution in [-0.4, -0.2) is 54.8 Å². The van der Waals surface area contributed by atoms with Gasteiger partial charge in [-0.2, -0.15) is 5.01 Å². The first kappa shape index (κ1) is 20.5. The molecule has 0 saturated carbocycles. The third kappa shape index (κ3) is 3.68. The molecule has 1 aliphatic rings. The number of ketones is 1. The second-order valence-electron chi connectivity index (χ2n) is 5.53. The second kappa shape index (κ2) is 8.26. The van der Waals surface area contributed by atoms with Crippen LogP contribution in [0, 0.1) is 0 Å². The number of hydrogen-bond acceptors (Lipinski definition) is 7. The van der Waals surface area contributed by atoms with Gasteiger partial charge in [-0.1, -0.05) is 11.6 Å². The lowest BCUT2D eigenvalue weighted by atomic mass is 9.93. The van der Waals surface area contributed by atoms with Crippen molar-refractivity contribution in [3.63, 3.8) is 0 Å². The zero-order chi connectivity index (χ0) is 20.2. The summed E-state index contributed by atoms with van der Waals surface area (Å²) in [6.45, 7) is 3.06. The van der Waals surface area contributed by atoms with Crippen molar-refractivity contribution in [2.24, 2.45) is 0 Å². The molecule has 0 heterocycles. The number of halogens is 1. The van der Waals surface area contributed by atoms with Crippen molar-refractivity contribution in [2.75, 3.05) is 20.3 Å². The lowest BCUT2D eigenvalue weighted by Crippen LogP contribution is -2.67. The number of amides is 2. The van der Waals surface area contributed by atoms with E-state index in [0.29, 0.717) is 15.6 Å². The van der Waals surface area contributed by atoms with E-state index < -0.39 is 29.5 Å². The van der Waals surface area contributed by atoms with Crippen molar-refractivity contribution in [1.29, 1.82) is 0 Å². The number of carbonyl (C=O) groups excluding carboxylic acids is 4. The Labute approximate surface area is 160 Å². The molecule has 27 heavy (non-hydrogen) atoms. The van der Waals surface area contributed by atoms with E-state index in [-0.39, 0.29) is 25.2 Å². The summed E-state index contributed by atoms with van der Waals surface area (Å²) >= 11 is 5.97. The Kier molecular flexibility index (Phi) is 6.27. The third-order valence-corrected chi connectivity index (χ3v) is 4.20. The lowest BCUT2D eigenvalue weighted by Gasteiger charge is -2.35. The van der Waals surface area contributed by atoms with E-state index in [1.165, 1.54) is 25.1 Å². The SMILES string of the molecule is CCOC(=O)NN(C(=O)OCC)[C@@]1(C(=O)OC)Cc2cc(Cl)ccc2C1=O. The molecule has 1 aromatic rings. The average Bonchev–Trinajstić information content (AvgIpc) is 2.92. The van der Waals surface area contributed by atoms with Gasteiger partial charge in [0.15, 0.2) is 0 Å². The number of hydrogen-bond donors (Lipinski definition) is 1. The molecular formula is C17H19ClN2O7. The number of Topliss-reactive ketones (excluding diaryl/α,β-unsaturated/α-hetero) is 1. The van der Waals surface area contributed by atoms with E-state index >= 15 is 0 Å². The molecule has 146 valence electrons. The molecule has 1 aliphatic carbocycles. The number of esters is 1. The molecular weight excluding hydrogens is 380 g/mol. The minimum absolute atomic E-state index is 0.0114. The molecule has 0 aromatic heterocycles. The Morgan fingerprint density at radius 2 is 1.89 bits per heavy atom. The van der Waals surface area contributed by atoms with Gasteiger partial charge in [0.25, 0.3) is 0 Å². The van der Waals surface area contributed by atoms with Crippen LogP contribution in [0.1, 0.15) is 29.8 Å². The number of methoxy groups -OCH3 is 1. The minimum Gasteiger partial charge on any atom is -0.467 e. The summed E-state index contributed by atoms with van der Waals surface area (Å²) in [5.74, 6) is -1.77. The number of hydrazine groups is 1. The highest BCUT2D eigenvalue weighted by Crippen LogP contribution is 2.37. The molecule has 0 saturated heterocycles. The van der Waals surface area contributed by atoms with Gasteiger partial charge < -0.3 is 14.2 Å². The van der Waals surface area contributed by atoms with Gasteiger partial charge in [0.2, 0.25) is 11.3 Å². The van der Waals surface area contributed by atoms with E-state index in [0.717, 1.165) is 7.11 Å². The Morgan fingerprint density at radius 1 is 1.22 bits per heavy atom. The summed E-state index contributed by atoms with van der Waals surface area (Å²) < 4.78 is 14.5. The summed E-state index contributed by atoms with van der Waals surface area (Å²) in [5, 5.41) is 0.875. The largest absolute Gasteiger partial charge is 0.467 e. The zero-order valence-electron chi connectivity index (χ0n) is 15.0. The minimum atomic E-state index is -2.18. The molecule has 0 radical (unpaired) electrons. The highest BCUT2D eigenvalue weighted by atomic mass is 35.5. The highest BCUT2D eigenvalue weighted by Gasteiger charge is 2.60. The van der Waals surface area contributed by atoms with Gasteiger partial charge in [-0.15, -0.1) is 0 Å². The van der Waals surface area contributed by atoms with Crippen LogP contribution >= 0.6 is 11.6 Å². The number of nitrogens with zero attached hydrogens (tertiary/aromatic N) is 1. The quantitative estimate of drug-likeness (QED) is 0.358. The molecule has 0 unspecified atom stereocenters. The van der Waals surface area contributed by atoms with Gasteiger partial charge in [-0.3, -0.25) is 4.79 Å². The van der Waals surface area contributed by atoms with Crippen LogP contribution < -0.4 is 5.43 Å². The maximum Gasteiger partial charge on any atom is 0.430 e. The van der Waals surface area contributed by atoms with Crippen molar-refractivity contribution in [1.82, 2.24) is 10.4 Å². The number of fused-ring (bicyclic) bond motifs is 1. The van der Waals surface area contributed by atoms with Gasteiger partial charge in [-0.05, 0) is 37.6 Å². The fraction of sp³-hybridized carbons (Fsp3) is 0.412. The maximum atomic E-state index is 13.1. The van der Waals surface area contributed by atoms with E-state index in [1.54, 1.807) is 6.92 Å². The van der Waals surface area contributed by atoms with Crippen molar-refractivity contribution < 1.29 is 33.4 Å².